The number of halogens is 1. The molecule has 3 aromatic rings. The molecule has 0 radical (unpaired) electrons. The molecular weight excluding hydrogens is 451 g/mol. The molecule has 1 aliphatic rings. The van der Waals surface area contributed by atoms with Gasteiger partial charge in [0.25, 0.3) is 0 Å². The molecule has 1 heterocycles. The number of ketones is 1. The Balaban J connectivity index is 1.33. The van der Waals surface area contributed by atoms with Gasteiger partial charge in [-0.25, -0.2) is 4.39 Å². The molecular formula is C28H27FO6. The largest absolute Gasteiger partial charge is 0.494 e. The summed E-state index contributed by atoms with van der Waals surface area (Å²) in [5, 5.41) is 0. The maximum atomic E-state index is 14.1. The van der Waals surface area contributed by atoms with E-state index in [0.717, 1.165) is 12.0 Å². The van der Waals surface area contributed by atoms with Gasteiger partial charge in [-0.3, -0.25) is 9.59 Å². The molecule has 1 atom stereocenters. The van der Waals surface area contributed by atoms with Crippen molar-refractivity contribution in [1.29, 1.82) is 0 Å². The molecule has 7 heteroatoms. The second-order valence-corrected chi connectivity index (χ2v) is 8.18. The quantitative estimate of drug-likeness (QED) is 0.266. The first-order valence-electron chi connectivity index (χ1n) is 11.6. The number of carbonyl (C=O) groups is 2. The van der Waals surface area contributed by atoms with Crippen molar-refractivity contribution in [1.82, 2.24) is 0 Å². The highest BCUT2D eigenvalue weighted by Gasteiger charge is 2.25. The van der Waals surface area contributed by atoms with Crippen molar-refractivity contribution >= 4 is 11.8 Å². The van der Waals surface area contributed by atoms with E-state index >= 15 is 0 Å². The third-order valence-electron chi connectivity index (χ3n) is 5.49. The molecule has 0 aromatic heterocycles. The average Bonchev–Trinajstić information content (AvgIpc) is 2.89. The molecule has 0 fully saturated rings. The lowest BCUT2D eigenvalue weighted by atomic mass is 10.1. The van der Waals surface area contributed by atoms with Crippen molar-refractivity contribution in [3.05, 3.63) is 94.8 Å². The van der Waals surface area contributed by atoms with E-state index in [1.807, 2.05) is 37.3 Å². The van der Waals surface area contributed by atoms with E-state index in [0.29, 0.717) is 34.8 Å². The van der Waals surface area contributed by atoms with Crippen LogP contribution in [-0.4, -0.2) is 18.4 Å². The number of benzene rings is 3. The number of fused-ring (bicyclic) bond motifs is 1. The smallest absolute Gasteiger partial charge is 0.306 e. The zero-order valence-electron chi connectivity index (χ0n) is 19.5. The van der Waals surface area contributed by atoms with Gasteiger partial charge in [-0.05, 0) is 42.8 Å². The second-order valence-electron chi connectivity index (χ2n) is 8.18. The predicted octanol–water partition coefficient (Wildman–Crippen LogP) is 5.93. The van der Waals surface area contributed by atoms with E-state index in [1.165, 1.54) is 12.1 Å². The van der Waals surface area contributed by atoms with Crippen LogP contribution >= 0.6 is 0 Å². The van der Waals surface area contributed by atoms with Crippen LogP contribution in [0, 0.1) is 5.82 Å². The third-order valence-corrected chi connectivity index (χ3v) is 5.49. The van der Waals surface area contributed by atoms with Gasteiger partial charge in [-0.2, -0.15) is 0 Å². The van der Waals surface area contributed by atoms with Gasteiger partial charge in [0.1, 0.15) is 23.9 Å². The number of carbonyl (C=O) groups excluding carboxylic acids is 2. The number of hydrogen-bond acceptors (Lipinski definition) is 6. The lowest BCUT2D eigenvalue weighted by Crippen LogP contribution is -2.20. The van der Waals surface area contributed by atoms with Crippen LogP contribution in [0.5, 0.6) is 11.5 Å². The summed E-state index contributed by atoms with van der Waals surface area (Å²) < 4.78 is 36.7. The fourth-order valence-electron chi connectivity index (χ4n) is 3.71. The van der Waals surface area contributed by atoms with Gasteiger partial charge in [-0.15, -0.1) is 0 Å². The van der Waals surface area contributed by atoms with Gasteiger partial charge in [-0.1, -0.05) is 37.3 Å². The SMILES string of the molecule is CCCOc1ccc(C(=O)CCC(=O)OCc2cc(F)cc3c2O[C@H](c2ccccc2)OC3)cc1. The van der Waals surface area contributed by atoms with Crippen molar-refractivity contribution in [3.8, 4) is 11.5 Å². The molecule has 182 valence electrons. The van der Waals surface area contributed by atoms with E-state index in [-0.39, 0.29) is 31.8 Å². The standard InChI is InChI=1S/C28H27FO6/c1-2-14-32-24-10-8-19(9-11-24)25(30)12-13-26(31)33-17-21-15-23(29)16-22-18-34-28(35-27(21)22)20-6-4-3-5-7-20/h3-11,15-16,28H,2,12-14,17-18H2,1H3/t28-/m1/s1. The zero-order valence-corrected chi connectivity index (χ0v) is 19.5. The lowest BCUT2D eigenvalue weighted by Gasteiger charge is -2.28. The van der Waals surface area contributed by atoms with Crippen molar-refractivity contribution in [3.63, 3.8) is 0 Å². The van der Waals surface area contributed by atoms with E-state index in [4.69, 9.17) is 18.9 Å². The summed E-state index contributed by atoms with van der Waals surface area (Å²) in [6, 6.07) is 18.9. The number of hydrogen-bond donors (Lipinski definition) is 0. The van der Waals surface area contributed by atoms with Crippen molar-refractivity contribution < 1.29 is 32.9 Å². The molecule has 0 spiro atoms. The molecule has 0 amide bonds. The third kappa shape index (κ3) is 6.45. The highest BCUT2D eigenvalue weighted by molar-refractivity contribution is 5.97. The molecule has 35 heavy (non-hydrogen) atoms. The first-order chi connectivity index (χ1) is 17.0. The number of esters is 1. The van der Waals surface area contributed by atoms with E-state index < -0.39 is 18.1 Å². The molecule has 1 aliphatic heterocycles. The highest BCUT2D eigenvalue weighted by atomic mass is 19.1. The van der Waals surface area contributed by atoms with Crippen LogP contribution in [0.4, 0.5) is 4.39 Å². The minimum atomic E-state index is -0.639. The van der Waals surface area contributed by atoms with E-state index in [1.54, 1.807) is 24.3 Å². The maximum Gasteiger partial charge on any atom is 0.306 e. The summed E-state index contributed by atoms with van der Waals surface area (Å²) in [5.41, 5.74) is 2.28. The fraction of sp³-hybridized carbons (Fsp3) is 0.286. The van der Waals surface area contributed by atoms with Crippen LogP contribution in [-0.2, 0) is 27.5 Å². The topological polar surface area (TPSA) is 71.1 Å². The van der Waals surface area contributed by atoms with Gasteiger partial charge in [0, 0.05) is 28.7 Å². The minimum absolute atomic E-state index is 0.00960. The normalized spacial score (nSPS) is 14.5. The molecule has 0 saturated carbocycles. The summed E-state index contributed by atoms with van der Waals surface area (Å²) >= 11 is 0. The van der Waals surface area contributed by atoms with Gasteiger partial charge in [0.15, 0.2) is 5.78 Å². The Morgan fingerprint density at radius 2 is 1.80 bits per heavy atom. The molecule has 0 unspecified atom stereocenters. The Hall–Kier alpha value is -3.71. The number of Topliss-reactive ketones (excluding diaryl/α,β-unsaturated/α-hetero) is 1. The molecule has 0 N–H and O–H groups in total. The van der Waals surface area contributed by atoms with Crippen molar-refractivity contribution in [2.45, 2.75) is 45.7 Å². The number of rotatable bonds is 10. The van der Waals surface area contributed by atoms with Gasteiger partial charge < -0.3 is 18.9 Å². The summed E-state index contributed by atoms with van der Waals surface area (Å²) in [4.78, 5) is 24.7. The van der Waals surface area contributed by atoms with Crippen LogP contribution < -0.4 is 9.47 Å². The number of ether oxygens (including phenoxy) is 4. The lowest BCUT2D eigenvalue weighted by molar-refractivity contribution is -0.145. The van der Waals surface area contributed by atoms with Crippen molar-refractivity contribution in [2.24, 2.45) is 0 Å². The molecule has 4 rings (SSSR count). The molecule has 0 bridgehead atoms. The minimum Gasteiger partial charge on any atom is -0.494 e. The first-order valence-corrected chi connectivity index (χ1v) is 11.6. The zero-order chi connectivity index (χ0) is 24.6. The van der Waals surface area contributed by atoms with Crippen LogP contribution in [0.1, 0.15) is 59.5 Å². The van der Waals surface area contributed by atoms with E-state index in [9.17, 15) is 14.0 Å². The predicted molar refractivity (Wildman–Crippen MR) is 127 cm³/mol. The first kappa shape index (κ1) is 24.4. The Bertz CT molecular complexity index is 1160. The molecule has 3 aromatic carbocycles. The summed E-state index contributed by atoms with van der Waals surface area (Å²) in [5.74, 6) is -0.0462. The van der Waals surface area contributed by atoms with Crippen LogP contribution in [0.25, 0.3) is 0 Å². The summed E-state index contributed by atoms with van der Waals surface area (Å²) in [6.07, 6.45) is 0.186. The summed E-state index contributed by atoms with van der Waals surface area (Å²) in [6.45, 7) is 2.63. The van der Waals surface area contributed by atoms with E-state index in [2.05, 4.69) is 0 Å². The fourth-order valence-corrected chi connectivity index (χ4v) is 3.71. The Morgan fingerprint density at radius 3 is 2.54 bits per heavy atom. The second kappa shape index (κ2) is 11.6. The molecule has 6 nitrogen and oxygen atoms in total. The van der Waals surface area contributed by atoms with Gasteiger partial charge >= 0.3 is 5.97 Å². The summed E-state index contributed by atoms with van der Waals surface area (Å²) in [7, 11) is 0. The van der Waals surface area contributed by atoms with Crippen LogP contribution in [0.2, 0.25) is 0 Å². The highest BCUT2D eigenvalue weighted by Crippen LogP contribution is 2.36. The maximum absolute atomic E-state index is 14.1. The van der Waals surface area contributed by atoms with Crippen LogP contribution in [0.3, 0.4) is 0 Å². The average molecular weight is 479 g/mol. The Labute approximate surface area is 203 Å². The van der Waals surface area contributed by atoms with Gasteiger partial charge in [0.05, 0.1) is 19.6 Å². The molecule has 0 saturated heterocycles. The Kier molecular flexibility index (Phi) is 8.11. The van der Waals surface area contributed by atoms with Gasteiger partial charge in [0.2, 0.25) is 6.29 Å². The van der Waals surface area contributed by atoms with Crippen molar-refractivity contribution in [2.75, 3.05) is 6.61 Å². The monoisotopic (exact) mass is 478 g/mol. The Morgan fingerprint density at radius 1 is 1.03 bits per heavy atom. The molecule has 0 aliphatic carbocycles. The van der Waals surface area contributed by atoms with Crippen LogP contribution in [0.15, 0.2) is 66.7 Å².